The van der Waals surface area contributed by atoms with Gasteiger partial charge in [0.15, 0.2) is 10.9 Å². The van der Waals surface area contributed by atoms with Crippen LogP contribution in [0.15, 0.2) is 48.9 Å². The molecule has 2 N–H and O–H groups in total. The lowest BCUT2D eigenvalue weighted by Crippen LogP contribution is -2.11. The van der Waals surface area contributed by atoms with Crippen molar-refractivity contribution in [3.05, 3.63) is 54.6 Å². The van der Waals surface area contributed by atoms with Crippen molar-refractivity contribution < 1.29 is 0 Å². The monoisotopic (exact) mass is 337 g/mol. The van der Waals surface area contributed by atoms with Crippen molar-refractivity contribution in [1.82, 2.24) is 20.3 Å². The summed E-state index contributed by atoms with van der Waals surface area (Å²) in [6.07, 6.45) is 7.77. The van der Waals surface area contributed by atoms with Gasteiger partial charge in [-0.1, -0.05) is 41.7 Å². The van der Waals surface area contributed by atoms with Crippen LogP contribution in [0.2, 0.25) is 0 Å². The quantitative estimate of drug-likeness (QED) is 0.746. The Bertz CT molecular complexity index is 779. The summed E-state index contributed by atoms with van der Waals surface area (Å²) in [6.45, 7) is 2.20. The Balaban J connectivity index is 1.41. The average Bonchev–Trinajstić information content (AvgIpc) is 3.29. The number of aromatic nitrogens is 3. The highest BCUT2D eigenvalue weighted by Crippen LogP contribution is 2.29. The van der Waals surface area contributed by atoms with Gasteiger partial charge in [0, 0.05) is 6.20 Å². The third kappa shape index (κ3) is 3.60. The number of rotatable bonds is 5. The Morgan fingerprint density at radius 1 is 1.08 bits per heavy atom. The molecule has 1 atom stereocenters. The SMILES string of the molecule is c1ccc(-c2cnc(Nc3cnc(C[C@H]4CCNC4)cn3)s2)cc1. The van der Waals surface area contributed by atoms with Crippen molar-refractivity contribution in [2.45, 2.75) is 12.8 Å². The van der Waals surface area contributed by atoms with E-state index in [1.54, 1.807) is 17.5 Å². The summed E-state index contributed by atoms with van der Waals surface area (Å²) >= 11 is 1.61. The Hall–Kier alpha value is -2.31. The van der Waals surface area contributed by atoms with Crippen molar-refractivity contribution in [3.8, 4) is 10.4 Å². The Morgan fingerprint density at radius 3 is 2.75 bits per heavy atom. The smallest absolute Gasteiger partial charge is 0.188 e. The zero-order chi connectivity index (χ0) is 16.2. The van der Waals surface area contributed by atoms with Crippen molar-refractivity contribution in [1.29, 1.82) is 0 Å². The Morgan fingerprint density at radius 2 is 2.00 bits per heavy atom. The second kappa shape index (κ2) is 7.07. The van der Waals surface area contributed by atoms with Crippen LogP contribution < -0.4 is 10.6 Å². The van der Waals surface area contributed by atoms with E-state index in [1.807, 2.05) is 30.6 Å². The standard InChI is InChI=1S/C18H19N5S/c1-2-4-14(5-3-1)16-11-22-18(24-16)23-17-12-20-15(10-21-17)8-13-6-7-19-9-13/h1-5,10-13,19H,6-9H2,(H,21,22,23)/t13-/m1/s1. The molecule has 0 saturated carbocycles. The molecule has 3 heterocycles. The number of hydrogen-bond donors (Lipinski definition) is 2. The third-order valence-electron chi connectivity index (χ3n) is 4.16. The fraction of sp³-hybridized carbons (Fsp3) is 0.278. The molecule has 0 amide bonds. The number of anilines is 2. The molecule has 0 aliphatic carbocycles. The van der Waals surface area contributed by atoms with Crippen LogP contribution in [0.1, 0.15) is 12.1 Å². The summed E-state index contributed by atoms with van der Waals surface area (Å²) < 4.78 is 0. The molecule has 3 aromatic rings. The molecule has 1 aliphatic rings. The van der Waals surface area contributed by atoms with Crippen LogP contribution in [0.5, 0.6) is 0 Å². The van der Waals surface area contributed by atoms with E-state index in [2.05, 4.69) is 37.7 Å². The van der Waals surface area contributed by atoms with E-state index in [0.29, 0.717) is 5.92 Å². The first-order chi connectivity index (χ1) is 11.9. The highest BCUT2D eigenvalue weighted by Gasteiger charge is 2.15. The molecule has 122 valence electrons. The summed E-state index contributed by atoms with van der Waals surface area (Å²) in [5.74, 6) is 1.42. The van der Waals surface area contributed by atoms with Gasteiger partial charge in [-0.2, -0.15) is 0 Å². The highest BCUT2D eigenvalue weighted by atomic mass is 32.1. The maximum absolute atomic E-state index is 4.53. The van der Waals surface area contributed by atoms with Gasteiger partial charge in [0.25, 0.3) is 0 Å². The van der Waals surface area contributed by atoms with Crippen LogP contribution in [-0.4, -0.2) is 28.0 Å². The molecule has 1 aromatic carbocycles. The number of nitrogens with one attached hydrogen (secondary N) is 2. The molecule has 2 aromatic heterocycles. The van der Waals surface area contributed by atoms with Crippen molar-refractivity contribution >= 4 is 22.3 Å². The molecule has 1 aliphatic heterocycles. The lowest BCUT2D eigenvalue weighted by molar-refractivity contribution is 0.570. The molecular formula is C18H19N5S. The van der Waals surface area contributed by atoms with Crippen LogP contribution in [0.3, 0.4) is 0 Å². The minimum absolute atomic E-state index is 0.686. The zero-order valence-electron chi connectivity index (χ0n) is 13.3. The molecule has 0 radical (unpaired) electrons. The van der Waals surface area contributed by atoms with Crippen LogP contribution in [0, 0.1) is 5.92 Å². The average molecular weight is 337 g/mol. The molecule has 6 heteroatoms. The van der Waals surface area contributed by atoms with Gasteiger partial charge < -0.3 is 10.6 Å². The van der Waals surface area contributed by atoms with E-state index in [4.69, 9.17) is 0 Å². The van der Waals surface area contributed by atoms with Crippen LogP contribution in [-0.2, 0) is 6.42 Å². The van der Waals surface area contributed by atoms with Gasteiger partial charge in [-0.15, -0.1) is 0 Å². The van der Waals surface area contributed by atoms with E-state index in [1.165, 1.54) is 12.0 Å². The first-order valence-electron chi connectivity index (χ1n) is 8.17. The molecule has 1 saturated heterocycles. The number of thiazole rings is 1. The van der Waals surface area contributed by atoms with Crippen LogP contribution in [0.4, 0.5) is 10.9 Å². The van der Waals surface area contributed by atoms with E-state index in [9.17, 15) is 0 Å². The molecule has 0 bridgehead atoms. The first kappa shape index (κ1) is 15.2. The van der Waals surface area contributed by atoms with Gasteiger partial charge in [-0.05, 0) is 37.4 Å². The molecule has 4 rings (SSSR count). The Labute approximate surface area is 145 Å². The summed E-state index contributed by atoms with van der Waals surface area (Å²) in [5, 5.41) is 7.45. The van der Waals surface area contributed by atoms with Gasteiger partial charge in [0.05, 0.1) is 23.0 Å². The molecular weight excluding hydrogens is 318 g/mol. The number of hydrogen-bond acceptors (Lipinski definition) is 6. The number of nitrogens with zero attached hydrogens (tertiary/aromatic N) is 3. The fourth-order valence-electron chi connectivity index (χ4n) is 2.89. The highest BCUT2D eigenvalue weighted by molar-refractivity contribution is 7.18. The molecule has 0 spiro atoms. The summed E-state index contributed by atoms with van der Waals surface area (Å²) in [6, 6.07) is 10.3. The lowest BCUT2D eigenvalue weighted by Gasteiger charge is -2.07. The zero-order valence-corrected chi connectivity index (χ0v) is 14.1. The summed E-state index contributed by atoms with van der Waals surface area (Å²) in [4.78, 5) is 14.6. The minimum atomic E-state index is 0.686. The van der Waals surface area contributed by atoms with E-state index < -0.39 is 0 Å². The fourth-order valence-corrected chi connectivity index (χ4v) is 3.72. The van der Waals surface area contributed by atoms with Crippen molar-refractivity contribution in [2.75, 3.05) is 18.4 Å². The predicted octanol–water partition coefficient (Wildman–Crippen LogP) is 3.50. The second-order valence-electron chi connectivity index (χ2n) is 5.98. The van der Waals surface area contributed by atoms with Crippen LogP contribution >= 0.6 is 11.3 Å². The molecule has 5 nitrogen and oxygen atoms in total. The van der Waals surface area contributed by atoms with E-state index >= 15 is 0 Å². The normalized spacial score (nSPS) is 17.1. The predicted molar refractivity (Wildman–Crippen MR) is 97.5 cm³/mol. The summed E-state index contributed by atoms with van der Waals surface area (Å²) in [7, 11) is 0. The molecule has 1 fully saturated rings. The number of benzene rings is 1. The van der Waals surface area contributed by atoms with Gasteiger partial charge in [0.2, 0.25) is 0 Å². The molecule has 0 unspecified atom stereocenters. The Kier molecular flexibility index (Phi) is 4.49. The minimum Gasteiger partial charge on any atom is -0.316 e. The maximum Gasteiger partial charge on any atom is 0.188 e. The van der Waals surface area contributed by atoms with Gasteiger partial charge in [-0.25, -0.2) is 9.97 Å². The van der Waals surface area contributed by atoms with Gasteiger partial charge in [-0.3, -0.25) is 4.98 Å². The first-order valence-corrected chi connectivity index (χ1v) is 8.98. The largest absolute Gasteiger partial charge is 0.316 e. The maximum atomic E-state index is 4.53. The second-order valence-corrected chi connectivity index (χ2v) is 7.01. The van der Waals surface area contributed by atoms with Crippen molar-refractivity contribution in [3.63, 3.8) is 0 Å². The van der Waals surface area contributed by atoms with E-state index in [0.717, 1.165) is 41.0 Å². The molecule has 24 heavy (non-hydrogen) atoms. The third-order valence-corrected chi connectivity index (χ3v) is 5.13. The van der Waals surface area contributed by atoms with E-state index in [-0.39, 0.29) is 0 Å². The lowest BCUT2D eigenvalue weighted by atomic mass is 10.0. The van der Waals surface area contributed by atoms with Gasteiger partial charge >= 0.3 is 0 Å². The summed E-state index contributed by atoms with van der Waals surface area (Å²) in [5.41, 5.74) is 2.23. The van der Waals surface area contributed by atoms with Gasteiger partial charge in [0.1, 0.15) is 0 Å². The van der Waals surface area contributed by atoms with Crippen molar-refractivity contribution in [2.24, 2.45) is 5.92 Å². The van der Waals surface area contributed by atoms with Crippen LogP contribution in [0.25, 0.3) is 10.4 Å². The topological polar surface area (TPSA) is 62.7 Å².